The summed E-state index contributed by atoms with van der Waals surface area (Å²) in [5.74, 6) is 1.14. The SMILES string of the molecule is CCNCc1ccc(Oc2ccc(F)cc2C)cc1Br. The van der Waals surface area contributed by atoms with E-state index in [0.29, 0.717) is 5.75 Å². The molecule has 2 aromatic carbocycles. The van der Waals surface area contributed by atoms with E-state index in [4.69, 9.17) is 4.74 Å². The van der Waals surface area contributed by atoms with Gasteiger partial charge in [0.05, 0.1) is 0 Å². The van der Waals surface area contributed by atoms with Gasteiger partial charge in [-0.3, -0.25) is 0 Å². The van der Waals surface area contributed by atoms with Gasteiger partial charge in [-0.05, 0) is 54.9 Å². The molecule has 106 valence electrons. The second kappa shape index (κ2) is 6.86. The molecular weight excluding hydrogens is 321 g/mol. The molecule has 4 heteroatoms. The molecule has 0 aliphatic carbocycles. The van der Waals surface area contributed by atoms with Crippen LogP contribution in [0.5, 0.6) is 11.5 Å². The lowest BCUT2D eigenvalue weighted by molar-refractivity contribution is 0.476. The Hall–Kier alpha value is -1.39. The van der Waals surface area contributed by atoms with Gasteiger partial charge in [0, 0.05) is 11.0 Å². The summed E-state index contributed by atoms with van der Waals surface area (Å²) in [6, 6.07) is 10.4. The smallest absolute Gasteiger partial charge is 0.130 e. The molecule has 0 bridgehead atoms. The van der Waals surface area contributed by atoms with Gasteiger partial charge in [-0.25, -0.2) is 4.39 Å². The zero-order valence-corrected chi connectivity index (χ0v) is 13.1. The summed E-state index contributed by atoms with van der Waals surface area (Å²) < 4.78 is 19.8. The molecule has 0 unspecified atom stereocenters. The van der Waals surface area contributed by atoms with E-state index in [1.54, 1.807) is 6.07 Å². The van der Waals surface area contributed by atoms with Crippen LogP contribution in [-0.4, -0.2) is 6.54 Å². The predicted molar refractivity (Wildman–Crippen MR) is 82.7 cm³/mol. The van der Waals surface area contributed by atoms with Crippen LogP contribution in [0.2, 0.25) is 0 Å². The Labute approximate surface area is 127 Å². The zero-order chi connectivity index (χ0) is 14.5. The van der Waals surface area contributed by atoms with Crippen molar-refractivity contribution in [2.45, 2.75) is 20.4 Å². The van der Waals surface area contributed by atoms with Gasteiger partial charge < -0.3 is 10.1 Å². The minimum atomic E-state index is -0.253. The van der Waals surface area contributed by atoms with Gasteiger partial charge in [0.1, 0.15) is 17.3 Å². The van der Waals surface area contributed by atoms with Crippen LogP contribution in [0.4, 0.5) is 4.39 Å². The fraction of sp³-hybridized carbons (Fsp3) is 0.250. The number of hydrogen-bond acceptors (Lipinski definition) is 2. The summed E-state index contributed by atoms with van der Waals surface area (Å²) in [6.45, 7) is 5.64. The Morgan fingerprint density at radius 2 is 2.00 bits per heavy atom. The Morgan fingerprint density at radius 3 is 2.65 bits per heavy atom. The normalized spacial score (nSPS) is 10.6. The van der Waals surface area contributed by atoms with Crippen LogP contribution in [0.25, 0.3) is 0 Å². The van der Waals surface area contributed by atoms with Crippen molar-refractivity contribution >= 4 is 15.9 Å². The third kappa shape index (κ3) is 3.81. The molecule has 2 nitrogen and oxygen atoms in total. The number of nitrogens with one attached hydrogen (secondary N) is 1. The van der Waals surface area contributed by atoms with Crippen LogP contribution in [0.3, 0.4) is 0 Å². The highest BCUT2D eigenvalue weighted by Crippen LogP contribution is 2.29. The first-order chi connectivity index (χ1) is 9.60. The lowest BCUT2D eigenvalue weighted by Crippen LogP contribution is -2.11. The predicted octanol–water partition coefficient (Wildman–Crippen LogP) is 4.80. The van der Waals surface area contributed by atoms with E-state index in [0.717, 1.165) is 28.9 Å². The minimum Gasteiger partial charge on any atom is -0.457 e. The van der Waals surface area contributed by atoms with Gasteiger partial charge >= 0.3 is 0 Å². The van der Waals surface area contributed by atoms with E-state index >= 15 is 0 Å². The molecule has 2 rings (SSSR count). The van der Waals surface area contributed by atoms with Crippen LogP contribution in [0.1, 0.15) is 18.1 Å². The number of aryl methyl sites for hydroxylation is 1. The lowest BCUT2D eigenvalue weighted by atomic mass is 10.2. The first kappa shape index (κ1) is 15.0. The second-order valence-corrected chi connectivity index (χ2v) is 5.40. The molecule has 0 aliphatic heterocycles. The van der Waals surface area contributed by atoms with Crippen molar-refractivity contribution < 1.29 is 9.13 Å². The van der Waals surface area contributed by atoms with Crippen molar-refractivity contribution in [3.05, 3.63) is 57.8 Å². The summed E-state index contributed by atoms with van der Waals surface area (Å²) >= 11 is 3.54. The van der Waals surface area contributed by atoms with E-state index in [9.17, 15) is 4.39 Å². The van der Waals surface area contributed by atoms with Crippen molar-refractivity contribution in [3.63, 3.8) is 0 Å². The second-order valence-electron chi connectivity index (χ2n) is 4.55. The van der Waals surface area contributed by atoms with Gasteiger partial charge in [-0.2, -0.15) is 0 Å². The summed E-state index contributed by atoms with van der Waals surface area (Å²) in [5.41, 5.74) is 1.95. The van der Waals surface area contributed by atoms with Crippen molar-refractivity contribution in [1.82, 2.24) is 5.32 Å². The molecule has 0 atom stereocenters. The Bertz CT molecular complexity index is 601. The Kier molecular flexibility index (Phi) is 5.15. The molecule has 0 aliphatic rings. The van der Waals surface area contributed by atoms with Crippen molar-refractivity contribution in [1.29, 1.82) is 0 Å². The molecule has 0 saturated carbocycles. The van der Waals surface area contributed by atoms with Gasteiger partial charge in [0.2, 0.25) is 0 Å². The molecule has 0 radical (unpaired) electrons. The number of halogens is 2. The lowest BCUT2D eigenvalue weighted by Gasteiger charge is -2.11. The molecule has 0 aromatic heterocycles. The van der Waals surface area contributed by atoms with Gasteiger partial charge in [0.25, 0.3) is 0 Å². The van der Waals surface area contributed by atoms with Crippen LogP contribution < -0.4 is 10.1 Å². The molecule has 0 saturated heterocycles. The highest BCUT2D eigenvalue weighted by molar-refractivity contribution is 9.10. The highest BCUT2D eigenvalue weighted by atomic mass is 79.9. The molecule has 0 fully saturated rings. The maximum Gasteiger partial charge on any atom is 0.130 e. The molecule has 2 aromatic rings. The number of hydrogen-bond donors (Lipinski definition) is 1. The monoisotopic (exact) mass is 337 g/mol. The number of rotatable bonds is 5. The molecule has 20 heavy (non-hydrogen) atoms. The molecular formula is C16H17BrFNO. The summed E-state index contributed by atoms with van der Waals surface area (Å²) in [6.07, 6.45) is 0. The third-order valence-electron chi connectivity index (χ3n) is 2.95. The quantitative estimate of drug-likeness (QED) is 0.846. The standard InChI is InChI=1S/C16H17BrFNO/c1-3-19-10-12-4-6-14(9-15(12)17)20-16-7-5-13(18)8-11(16)2/h4-9,19H,3,10H2,1-2H3. The fourth-order valence-electron chi connectivity index (χ4n) is 1.85. The fourth-order valence-corrected chi connectivity index (χ4v) is 2.35. The topological polar surface area (TPSA) is 21.3 Å². The minimum absolute atomic E-state index is 0.253. The average molecular weight is 338 g/mol. The Balaban J connectivity index is 2.15. The van der Waals surface area contributed by atoms with E-state index in [-0.39, 0.29) is 5.82 Å². The van der Waals surface area contributed by atoms with Gasteiger partial charge in [-0.1, -0.05) is 28.9 Å². The maximum atomic E-state index is 13.1. The maximum absolute atomic E-state index is 13.1. The van der Waals surface area contributed by atoms with Gasteiger partial charge in [0.15, 0.2) is 0 Å². The first-order valence-electron chi connectivity index (χ1n) is 6.53. The van der Waals surface area contributed by atoms with E-state index in [1.807, 2.05) is 25.1 Å². The zero-order valence-electron chi connectivity index (χ0n) is 11.5. The van der Waals surface area contributed by atoms with E-state index in [2.05, 4.69) is 28.2 Å². The molecule has 0 spiro atoms. The number of benzene rings is 2. The number of ether oxygens (including phenoxy) is 1. The van der Waals surface area contributed by atoms with Crippen LogP contribution >= 0.6 is 15.9 Å². The molecule has 0 amide bonds. The van der Waals surface area contributed by atoms with Crippen LogP contribution in [0, 0.1) is 12.7 Å². The molecule has 0 heterocycles. The van der Waals surface area contributed by atoms with E-state index < -0.39 is 0 Å². The van der Waals surface area contributed by atoms with Crippen molar-refractivity contribution in [2.75, 3.05) is 6.54 Å². The summed E-state index contributed by atoms with van der Waals surface area (Å²) in [5, 5.41) is 3.28. The highest BCUT2D eigenvalue weighted by Gasteiger charge is 2.05. The van der Waals surface area contributed by atoms with Crippen LogP contribution in [-0.2, 0) is 6.54 Å². The Morgan fingerprint density at radius 1 is 1.20 bits per heavy atom. The first-order valence-corrected chi connectivity index (χ1v) is 7.32. The van der Waals surface area contributed by atoms with Gasteiger partial charge in [-0.15, -0.1) is 0 Å². The van der Waals surface area contributed by atoms with E-state index in [1.165, 1.54) is 17.7 Å². The van der Waals surface area contributed by atoms with Crippen molar-refractivity contribution in [3.8, 4) is 11.5 Å². The average Bonchev–Trinajstić information content (AvgIpc) is 2.41. The summed E-state index contributed by atoms with van der Waals surface area (Å²) in [4.78, 5) is 0. The van der Waals surface area contributed by atoms with Crippen LogP contribution in [0.15, 0.2) is 40.9 Å². The molecule has 1 N–H and O–H groups in total. The van der Waals surface area contributed by atoms with Crippen molar-refractivity contribution in [2.24, 2.45) is 0 Å². The summed E-state index contributed by atoms with van der Waals surface area (Å²) in [7, 11) is 0. The third-order valence-corrected chi connectivity index (χ3v) is 3.69. The largest absolute Gasteiger partial charge is 0.457 e.